The molecule has 134 valence electrons. The fourth-order valence-electron chi connectivity index (χ4n) is 2.86. The van der Waals surface area contributed by atoms with Gasteiger partial charge in [0.15, 0.2) is 0 Å². The lowest BCUT2D eigenvalue weighted by atomic mass is 10.0. The van der Waals surface area contributed by atoms with E-state index in [4.69, 9.17) is 15.2 Å². The zero-order valence-corrected chi connectivity index (χ0v) is 14.9. The van der Waals surface area contributed by atoms with Crippen LogP contribution in [0.15, 0.2) is 54.9 Å². The lowest BCUT2D eigenvalue weighted by molar-refractivity contribution is 0.398. The molecular formula is C20H17N5O2. The van der Waals surface area contributed by atoms with Gasteiger partial charge in [0.25, 0.3) is 0 Å². The van der Waals surface area contributed by atoms with Crippen molar-refractivity contribution >= 4 is 16.9 Å². The maximum Gasteiger partial charge on any atom is 0.221 e. The van der Waals surface area contributed by atoms with E-state index in [9.17, 15) is 0 Å². The number of hydrogen-bond donors (Lipinski definition) is 1. The van der Waals surface area contributed by atoms with Crippen molar-refractivity contribution in [1.29, 1.82) is 0 Å². The minimum absolute atomic E-state index is 0.215. The molecule has 1 aromatic carbocycles. The Kier molecular flexibility index (Phi) is 4.25. The van der Waals surface area contributed by atoms with E-state index in [0.717, 1.165) is 33.3 Å². The van der Waals surface area contributed by atoms with Gasteiger partial charge in [-0.3, -0.25) is 0 Å². The number of methoxy groups -OCH3 is 2. The summed E-state index contributed by atoms with van der Waals surface area (Å²) in [6.45, 7) is 0. The predicted octanol–water partition coefficient (Wildman–Crippen LogP) is 3.35. The van der Waals surface area contributed by atoms with Crippen molar-refractivity contribution < 1.29 is 9.47 Å². The molecule has 0 atom stereocenters. The van der Waals surface area contributed by atoms with E-state index < -0.39 is 0 Å². The minimum atomic E-state index is 0.215. The number of fused-ring (bicyclic) bond motifs is 1. The van der Waals surface area contributed by atoms with Gasteiger partial charge in [0.2, 0.25) is 17.7 Å². The second-order valence-corrected chi connectivity index (χ2v) is 5.84. The molecule has 0 aliphatic rings. The second-order valence-electron chi connectivity index (χ2n) is 5.84. The molecule has 4 aromatic rings. The van der Waals surface area contributed by atoms with Crippen LogP contribution in [0.5, 0.6) is 11.8 Å². The zero-order chi connectivity index (χ0) is 18.8. The van der Waals surface area contributed by atoms with Crippen molar-refractivity contribution in [2.24, 2.45) is 0 Å². The Hall–Kier alpha value is -3.74. The number of anilines is 1. The standard InChI is InChI=1S/C20H17N5O2/c1-26-17-7-4-13(10-22-17)12-3-6-16-15(9-12)19(25-20(21)24-16)14-5-8-18(27-2)23-11-14/h3-11H,1-2H3,(H2,21,24,25). The first kappa shape index (κ1) is 16.7. The number of nitrogens with two attached hydrogens (primary N) is 1. The smallest absolute Gasteiger partial charge is 0.221 e. The summed E-state index contributed by atoms with van der Waals surface area (Å²) in [6.07, 6.45) is 3.48. The van der Waals surface area contributed by atoms with Crippen molar-refractivity contribution in [3.05, 3.63) is 54.9 Å². The summed E-state index contributed by atoms with van der Waals surface area (Å²) < 4.78 is 10.2. The van der Waals surface area contributed by atoms with Crippen LogP contribution in [0.2, 0.25) is 0 Å². The van der Waals surface area contributed by atoms with Crippen LogP contribution in [-0.2, 0) is 0 Å². The molecular weight excluding hydrogens is 342 g/mol. The molecule has 2 N–H and O–H groups in total. The Balaban J connectivity index is 1.86. The molecule has 3 aromatic heterocycles. The topological polar surface area (TPSA) is 96.0 Å². The van der Waals surface area contributed by atoms with Gasteiger partial charge < -0.3 is 15.2 Å². The highest BCUT2D eigenvalue weighted by Crippen LogP contribution is 2.31. The van der Waals surface area contributed by atoms with Gasteiger partial charge in [-0.1, -0.05) is 6.07 Å². The normalized spacial score (nSPS) is 10.7. The Morgan fingerprint density at radius 1 is 0.741 bits per heavy atom. The Labute approximate surface area is 155 Å². The molecule has 3 heterocycles. The fraction of sp³-hybridized carbons (Fsp3) is 0.100. The lowest BCUT2D eigenvalue weighted by Gasteiger charge is -2.10. The first-order valence-corrected chi connectivity index (χ1v) is 8.26. The van der Waals surface area contributed by atoms with Gasteiger partial charge in [-0.15, -0.1) is 0 Å². The average molecular weight is 359 g/mol. The van der Waals surface area contributed by atoms with E-state index in [2.05, 4.69) is 19.9 Å². The SMILES string of the molecule is COc1ccc(-c2ccc3nc(N)nc(-c4ccc(OC)nc4)c3c2)cn1. The second kappa shape index (κ2) is 6.87. The van der Waals surface area contributed by atoms with E-state index in [1.54, 1.807) is 32.7 Å². The van der Waals surface area contributed by atoms with E-state index >= 15 is 0 Å². The third kappa shape index (κ3) is 3.22. The summed E-state index contributed by atoms with van der Waals surface area (Å²) in [7, 11) is 3.17. The van der Waals surface area contributed by atoms with Crippen LogP contribution in [0.4, 0.5) is 5.95 Å². The highest BCUT2D eigenvalue weighted by atomic mass is 16.5. The highest BCUT2D eigenvalue weighted by Gasteiger charge is 2.11. The van der Waals surface area contributed by atoms with Crippen molar-refractivity contribution in [3.63, 3.8) is 0 Å². The number of ether oxygens (including phenoxy) is 2. The Morgan fingerprint density at radius 2 is 1.37 bits per heavy atom. The van der Waals surface area contributed by atoms with Crippen LogP contribution in [0, 0.1) is 0 Å². The Morgan fingerprint density at radius 3 is 1.96 bits per heavy atom. The predicted molar refractivity (Wildman–Crippen MR) is 104 cm³/mol. The maximum absolute atomic E-state index is 5.91. The van der Waals surface area contributed by atoms with Gasteiger partial charge in [0.1, 0.15) is 0 Å². The monoisotopic (exact) mass is 359 g/mol. The van der Waals surface area contributed by atoms with Crippen molar-refractivity contribution in [1.82, 2.24) is 19.9 Å². The number of nitrogens with zero attached hydrogens (tertiary/aromatic N) is 4. The molecule has 0 bridgehead atoms. The Bertz CT molecular complexity index is 1100. The zero-order valence-electron chi connectivity index (χ0n) is 14.9. The molecule has 0 fully saturated rings. The number of hydrogen-bond acceptors (Lipinski definition) is 7. The van der Waals surface area contributed by atoms with Crippen LogP contribution in [0.1, 0.15) is 0 Å². The minimum Gasteiger partial charge on any atom is -0.481 e. The van der Waals surface area contributed by atoms with Gasteiger partial charge in [0, 0.05) is 41.0 Å². The van der Waals surface area contributed by atoms with Crippen molar-refractivity contribution in [2.45, 2.75) is 0 Å². The van der Waals surface area contributed by atoms with Crippen LogP contribution >= 0.6 is 0 Å². The molecule has 27 heavy (non-hydrogen) atoms. The molecule has 0 unspecified atom stereocenters. The van der Waals surface area contributed by atoms with Gasteiger partial charge in [-0.05, 0) is 29.8 Å². The largest absolute Gasteiger partial charge is 0.481 e. The first-order valence-electron chi connectivity index (χ1n) is 8.26. The third-order valence-electron chi connectivity index (χ3n) is 4.21. The number of aromatic nitrogens is 4. The fourth-order valence-corrected chi connectivity index (χ4v) is 2.86. The van der Waals surface area contributed by atoms with Crippen LogP contribution in [0.25, 0.3) is 33.3 Å². The van der Waals surface area contributed by atoms with E-state index in [1.807, 2.05) is 36.4 Å². The summed E-state index contributed by atoms with van der Waals surface area (Å²) in [5.41, 5.74) is 10.2. The van der Waals surface area contributed by atoms with Gasteiger partial charge >= 0.3 is 0 Å². The van der Waals surface area contributed by atoms with E-state index in [1.165, 1.54) is 0 Å². The van der Waals surface area contributed by atoms with Gasteiger partial charge in [0.05, 0.1) is 25.4 Å². The molecule has 0 spiro atoms. The van der Waals surface area contributed by atoms with Gasteiger partial charge in [-0.2, -0.15) is 0 Å². The first-order chi connectivity index (χ1) is 13.2. The maximum atomic E-state index is 5.91. The summed E-state index contributed by atoms with van der Waals surface area (Å²) in [5.74, 6) is 1.32. The summed E-state index contributed by atoms with van der Waals surface area (Å²) in [4.78, 5) is 17.3. The molecule has 0 saturated carbocycles. The molecule has 0 saturated heterocycles. The number of benzene rings is 1. The molecule has 7 heteroatoms. The van der Waals surface area contributed by atoms with Crippen LogP contribution in [0.3, 0.4) is 0 Å². The van der Waals surface area contributed by atoms with Crippen molar-refractivity contribution in [2.75, 3.05) is 20.0 Å². The summed E-state index contributed by atoms with van der Waals surface area (Å²) in [5, 5.41) is 0.879. The molecule has 0 radical (unpaired) electrons. The lowest BCUT2D eigenvalue weighted by Crippen LogP contribution is -1.99. The average Bonchev–Trinajstić information content (AvgIpc) is 2.73. The van der Waals surface area contributed by atoms with Crippen LogP contribution in [-0.4, -0.2) is 34.2 Å². The number of rotatable bonds is 4. The molecule has 0 aliphatic carbocycles. The summed E-state index contributed by atoms with van der Waals surface area (Å²) >= 11 is 0. The van der Waals surface area contributed by atoms with E-state index in [-0.39, 0.29) is 5.95 Å². The van der Waals surface area contributed by atoms with Gasteiger partial charge in [-0.25, -0.2) is 19.9 Å². The molecule has 7 nitrogen and oxygen atoms in total. The third-order valence-corrected chi connectivity index (χ3v) is 4.21. The number of pyridine rings is 2. The molecule has 0 amide bonds. The molecule has 4 rings (SSSR count). The van der Waals surface area contributed by atoms with Crippen molar-refractivity contribution in [3.8, 4) is 34.1 Å². The summed E-state index contributed by atoms with van der Waals surface area (Å²) in [6, 6.07) is 13.4. The quantitative estimate of drug-likeness (QED) is 0.597. The molecule has 0 aliphatic heterocycles. The van der Waals surface area contributed by atoms with Crippen LogP contribution < -0.4 is 15.2 Å². The highest BCUT2D eigenvalue weighted by molar-refractivity contribution is 5.95. The number of nitrogen functional groups attached to an aromatic ring is 1. The van der Waals surface area contributed by atoms with E-state index in [0.29, 0.717) is 11.8 Å².